The summed E-state index contributed by atoms with van der Waals surface area (Å²) < 4.78 is 22.5. The minimum atomic E-state index is -4.54. The largest absolute Gasteiger partial charge is 0.465 e. The highest BCUT2D eigenvalue weighted by molar-refractivity contribution is 7.52. The molecule has 36 heavy (non-hydrogen) atoms. The second kappa shape index (κ2) is 14.7. The maximum Gasteiger partial charge on any atom is 0.407 e. The van der Waals surface area contributed by atoms with Crippen LogP contribution in [0.1, 0.15) is 12.8 Å². The number of unbranched alkanes of at least 4 members (excludes halogenated alkanes) is 1. The van der Waals surface area contributed by atoms with E-state index in [1.807, 2.05) is 4.90 Å². The Morgan fingerprint density at radius 2 is 0.944 bits per heavy atom. The molecule has 0 unspecified atom stereocenters. The van der Waals surface area contributed by atoms with Crippen LogP contribution in [0.4, 0.5) is 14.4 Å². The molecule has 1 saturated heterocycles. The molecule has 7 N–H and O–H groups in total. The van der Waals surface area contributed by atoms with Crippen LogP contribution in [0.15, 0.2) is 0 Å². The van der Waals surface area contributed by atoms with Crippen LogP contribution >= 0.6 is 15.2 Å². The highest BCUT2D eigenvalue weighted by Crippen LogP contribution is 2.40. The van der Waals surface area contributed by atoms with Gasteiger partial charge in [-0.2, -0.15) is 0 Å². The van der Waals surface area contributed by atoms with Crippen LogP contribution in [0, 0.1) is 0 Å². The van der Waals surface area contributed by atoms with Gasteiger partial charge < -0.3 is 49.6 Å². The molecule has 0 bridgehead atoms. The molecule has 0 aromatic heterocycles. The first-order chi connectivity index (χ1) is 16.6. The average molecular weight is 563 g/mol. The topological polar surface area (TPSA) is 243 Å². The van der Waals surface area contributed by atoms with E-state index < -0.39 is 46.0 Å². The Kier molecular flexibility index (Phi) is 13.1. The first-order valence-corrected chi connectivity index (χ1v) is 14.6. The molecule has 1 rings (SSSR count). The third kappa shape index (κ3) is 13.9. The van der Waals surface area contributed by atoms with E-state index in [1.165, 1.54) is 0 Å². The molecule has 1 fully saturated rings. The predicted molar refractivity (Wildman–Crippen MR) is 125 cm³/mol. The maximum atomic E-state index is 11.6. The van der Waals surface area contributed by atoms with E-state index in [2.05, 4.69) is 0 Å². The number of hydrogen-bond donors (Lipinski definition) is 7. The Balaban J connectivity index is 2.81. The van der Waals surface area contributed by atoms with Crippen molar-refractivity contribution in [2.45, 2.75) is 12.8 Å². The third-order valence-electron chi connectivity index (χ3n) is 5.43. The third-order valence-corrected chi connectivity index (χ3v) is 6.97. The van der Waals surface area contributed by atoms with Gasteiger partial charge in [0.25, 0.3) is 0 Å². The molecule has 3 amide bonds. The number of hydrogen-bond acceptors (Lipinski definition) is 7. The summed E-state index contributed by atoms with van der Waals surface area (Å²) in [5.41, 5.74) is 0. The molecule has 0 aromatic rings. The standard InChI is InChI=1S/C17H35N5O12P2/c23-15(24)20-7-5-18(3-1-2-4-19(13-35(29,30)31)14-36(32,33)34)6-8-21(16(25)26)10-12-22(11-9-20)17(27)28/h1-14H2,(H,23,24)(H,25,26)(H,27,28)(H2,29,30,31)(H2,32,33,34). The molecule has 17 nitrogen and oxygen atoms in total. The van der Waals surface area contributed by atoms with Crippen molar-refractivity contribution in [1.82, 2.24) is 24.5 Å². The summed E-state index contributed by atoms with van der Waals surface area (Å²) >= 11 is 0. The van der Waals surface area contributed by atoms with E-state index in [-0.39, 0.29) is 58.9 Å². The van der Waals surface area contributed by atoms with E-state index in [9.17, 15) is 38.8 Å². The molecule has 0 saturated carbocycles. The highest BCUT2D eigenvalue weighted by Gasteiger charge is 2.26. The first kappa shape index (κ1) is 32.1. The van der Waals surface area contributed by atoms with Crippen molar-refractivity contribution in [2.24, 2.45) is 0 Å². The first-order valence-electron chi connectivity index (χ1n) is 11.0. The lowest BCUT2D eigenvalue weighted by molar-refractivity contribution is 0.0982. The molecular formula is C17H35N5O12P2. The fraction of sp³-hybridized carbons (Fsp3) is 0.824. The van der Waals surface area contributed by atoms with Gasteiger partial charge in [-0.15, -0.1) is 0 Å². The summed E-state index contributed by atoms with van der Waals surface area (Å²) in [4.78, 5) is 77.1. The van der Waals surface area contributed by atoms with Gasteiger partial charge in [0.2, 0.25) is 0 Å². The maximum absolute atomic E-state index is 11.6. The lowest BCUT2D eigenvalue weighted by Crippen LogP contribution is -2.49. The highest BCUT2D eigenvalue weighted by atomic mass is 31.2. The van der Waals surface area contributed by atoms with Crippen molar-refractivity contribution < 1.29 is 58.4 Å². The van der Waals surface area contributed by atoms with E-state index >= 15 is 0 Å². The molecule has 0 aromatic carbocycles. The Morgan fingerprint density at radius 1 is 0.611 bits per heavy atom. The van der Waals surface area contributed by atoms with Crippen LogP contribution in [0.2, 0.25) is 0 Å². The van der Waals surface area contributed by atoms with Gasteiger partial charge in [-0.1, -0.05) is 0 Å². The molecule has 1 aliphatic rings. The van der Waals surface area contributed by atoms with E-state index in [0.29, 0.717) is 19.4 Å². The number of amides is 3. The van der Waals surface area contributed by atoms with Crippen LogP contribution in [-0.2, 0) is 9.13 Å². The zero-order valence-electron chi connectivity index (χ0n) is 19.7. The molecule has 0 atom stereocenters. The molecule has 210 valence electrons. The number of carbonyl (C=O) groups is 3. The van der Waals surface area contributed by atoms with Crippen molar-refractivity contribution in [2.75, 3.05) is 78.0 Å². The summed E-state index contributed by atoms with van der Waals surface area (Å²) in [5, 5.41) is 28.2. The quantitative estimate of drug-likeness (QED) is 0.139. The Labute approximate surface area is 207 Å². The second-order valence-corrected chi connectivity index (χ2v) is 11.6. The van der Waals surface area contributed by atoms with Gasteiger partial charge >= 0.3 is 33.5 Å². The molecule has 1 aliphatic heterocycles. The van der Waals surface area contributed by atoms with Crippen molar-refractivity contribution in [1.29, 1.82) is 0 Å². The summed E-state index contributed by atoms with van der Waals surface area (Å²) in [6, 6.07) is 0. The molecule has 0 spiro atoms. The van der Waals surface area contributed by atoms with Crippen LogP contribution < -0.4 is 0 Å². The average Bonchev–Trinajstić information content (AvgIpc) is 2.69. The molecule has 19 heteroatoms. The van der Waals surface area contributed by atoms with Gasteiger partial charge in [-0.25, -0.2) is 14.4 Å². The fourth-order valence-corrected chi connectivity index (χ4v) is 5.31. The lowest BCUT2D eigenvalue weighted by Gasteiger charge is -2.32. The molecule has 1 heterocycles. The van der Waals surface area contributed by atoms with E-state index in [1.54, 1.807) is 0 Å². The summed E-state index contributed by atoms with van der Waals surface area (Å²) in [6.45, 7) is 0.456. The molecule has 0 radical (unpaired) electrons. The zero-order chi connectivity index (χ0) is 27.5. The van der Waals surface area contributed by atoms with Gasteiger partial charge in [-0.3, -0.25) is 18.9 Å². The van der Waals surface area contributed by atoms with Gasteiger partial charge in [0.1, 0.15) is 12.6 Å². The SMILES string of the molecule is O=C(O)N1CCN(CCCCN(CP(=O)(O)O)CP(=O)(O)O)CCN(C(=O)O)CCN(C(=O)O)CC1. The van der Waals surface area contributed by atoms with Crippen LogP contribution in [0.25, 0.3) is 0 Å². The van der Waals surface area contributed by atoms with Gasteiger partial charge in [0.05, 0.1) is 0 Å². The van der Waals surface area contributed by atoms with Gasteiger partial charge in [0.15, 0.2) is 0 Å². The van der Waals surface area contributed by atoms with E-state index in [4.69, 9.17) is 19.6 Å². The minimum absolute atomic E-state index is 0.00240. The van der Waals surface area contributed by atoms with Crippen LogP contribution in [0.3, 0.4) is 0 Å². The minimum Gasteiger partial charge on any atom is -0.465 e. The summed E-state index contributed by atoms with van der Waals surface area (Å²) in [5.74, 6) is 0. The molecular weight excluding hydrogens is 528 g/mol. The number of nitrogens with zero attached hydrogens (tertiary/aromatic N) is 5. The van der Waals surface area contributed by atoms with Crippen molar-refractivity contribution >= 4 is 33.5 Å². The monoisotopic (exact) mass is 563 g/mol. The Hall–Kier alpha value is -1.97. The van der Waals surface area contributed by atoms with E-state index in [0.717, 1.165) is 19.6 Å². The predicted octanol–water partition coefficient (Wildman–Crippen LogP) is -0.405. The Bertz CT molecular complexity index is 783. The fourth-order valence-electron chi connectivity index (χ4n) is 3.63. The molecule has 0 aliphatic carbocycles. The van der Waals surface area contributed by atoms with Crippen LogP contribution in [0.5, 0.6) is 0 Å². The van der Waals surface area contributed by atoms with Gasteiger partial charge in [0, 0.05) is 52.4 Å². The van der Waals surface area contributed by atoms with Crippen molar-refractivity contribution in [3.63, 3.8) is 0 Å². The number of carboxylic acid groups (broad SMARTS) is 3. The summed E-state index contributed by atoms with van der Waals surface area (Å²) in [7, 11) is -9.09. The normalized spacial score (nSPS) is 17.5. The van der Waals surface area contributed by atoms with Crippen LogP contribution in [-0.4, -0.2) is 156 Å². The zero-order valence-corrected chi connectivity index (χ0v) is 21.5. The smallest absolute Gasteiger partial charge is 0.407 e. The van der Waals surface area contributed by atoms with Gasteiger partial charge in [-0.05, 0) is 25.9 Å². The summed E-state index contributed by atoms with van der Waals surface area (Å²) in [6.07, 6.45) is -4.62. The number of rotatable bonds is 9. The van der Waals surface area contributed by atoms with Crippen molar-refractivity contribution in [3.05, 3.63) is 0 Å². The Morgan fingerprint density at radius 3 is 1.25 bits per heavy atom. The second-order valence-electron chi connectivity index (χ2n) is 8.36. The van der Waals surface area contributed by atoms with Crippen molar-refractivity contribution in [3.8, 4) is 0 Å². The lowest BCUT2D eigenvalue weighted by atomic mass is 10.2.